The third-order valence-corrected chi connectivity index (χ3v) is 2.43. The van der Waals surface area contributed by atoms with E-state index in [1.54, 1.807) is 12.1 Å². The number of nitrogens with zero attached hydrogens (tertiary/aromatic N) is 3. The fourth-order valence-electron chi connectivity index (χ4n) is 1.63. The number of rotatable bonds is 4. The Morgan fingerprint density at radius 1 is 1.42 bits per heavy atom. The van der Waals surface area contributed by atoms with Gasteiger partial charge in [0.25, 0.3) is 6.43 Å². The van der Waals surface area contributed by atoms with E-state index >= 15 is 0 Å². The molecular weight excluding hydrogens is 260 g/mol. The summed E-state index contributed by atoms with van der Waals surface area (Å²) in [4.78, 5) is 10.8. The highest BCUT2D eigenvalue weighted by Crippen LogP contribution is 2.22. The molecule has 0 unspecified atom stereocenters. The van der Waals surface area contributed by atoms with Gasteiger partial charge in [0.15, 0.2) is 5.69 Å². The van der Waals surface area contributed by atoms with Crippen LogP contribution in [-0.4, -0.2) is 31.2 Å². The quantitative estimate of drug-likeness (QED) is 0.881. The monoisotopic (exact) mass is 269 g/mol. The number of aromatic hydroxyl groups is 1. The third kappa shape index (κ3) is 2.67. The fraction of sp³-hybridized carbons (Fsp3) is 0.182. The fourth-order valence-corrected chi connectivity index (χ4v) is 1.63. The van der Waals surface area contributed by atoms with Gasteiger partial charge in [0.05, 0.1) is 6.54 Å². The van der Waals surface area contributed by atoms with E-state index < -0.39 is 23.8 Å². The molecule has 0 saturated heterocycles. The van der Waals surface area contributed by atoms with Crippen molar-refractivity contribution in [3.05, 3.63) is 41.2 Å². The lowest BCUT2D eigenvalue weighted by Crippen LogP contribution is -2.09. The molecule has 0 amide bonds. The number of phenolic OH excluding ortho intramolecular Hbond substituents is 1. The Morgan fingerprint density at radius 2 is 2.16 bits per heavy atom. The van der Waals surface area contributed by atoms with Gasteiger partial charge in [-0.15, -0.1) is 5.10 Å². The van der Waals surface area contributed by atoms with E-state index in [-0.39, 0.29) is 12.3 Å². The summed E-state index contributed by atoms with van der Waals surface area (Å²) < 4.78 is 26.5. The van der Waals surface area contributed by atoms with E-state index in [1.807, 2.05) is 0 Å². The molecule has 0 saturated carbocycles. The molecule has 2 rings (SSSR count). The summed E-state index contributed by atoms with van der Waals surface area (Å²) >= 11 is 0. The van der Waals surface area contributed by atoms with Crippen LogP contribution in [0.1, 0.15) is 28.2 Å². The number of carboxylic acid groups (broad SMARTS) is 1. The number of carbonyl (C=O) groups is 1. The predicted molar refractivity (Wildman–Crippen MR) is 59.1 cm³/mol. The molecule has 1 aromatic carbocycles. The summed E-state index contributed by atoms with van der Waals surface area (Å²) in [6.45, 7) is -0.103. The number of aromatic nitrogens is 3. The van der Waals surface area contributed by atoms with Crippen LogP contribution in [0.15, 0.2) is 24.3 Å². The van der Waals surface area contributed by atoms with Gasteiger partial charge in [0.1, 0.15) is 11.4 Å². The minimum Gasteiger partial charge on any atom is -0.508 e. The van der Waals surface area contributed by atoms with E-state index in [2.05, 4.69) is 10.3 Å². The second kappa shape index (κ2) is 5.01. The molecule has 100 valence electrons. The minimum absolute atomic E-state index is 0.0188. The molecular formula is C11H9F2N3O3. The first-order valence-electron chi connectivity index (χ1n) is 5.21. The molecule has 1 aromatic heterocycles. The predicted octanol–water partition coefficient (Wildman–Crippen LogP) is 1.67. The molecule has 8 heteroatoms. The van der Waals surface area contributed by atoms with Crippen molar-refractivity contribution in [2.24, 2.45) is 0 Å². The molecule has 6 nitrogen and oxygen atoms in total. The standard InChI is InChI=1S/C11H9F2N3O3/c12-10(13)9-8(11(18)19)14-15-16(9)5-6-2-1-3-7(17)4-6/h1-4,10,17H,5H2,(H,18,19). The minimum atomic E-state index is -3.00. The average molecular weight is 269 g/mol. The van der Waals surface area contributed by atoms with Crippen molar-refractivity contribution >= 4 is 5.97 Å². The highest BCUT2D eigenvalue weighted by Gasteiger charge is 2.26. The van der Waals surface area contributed by atoms with Gasteiger partial charge < -0.3 is 10.2 Å². The summed E-state index contributed by atoms with van der Waals surface area (Å²) in [5.74, 6) is -1.58. The Morgan fingerprint density at radius 3 is 2.74 bits per heavy atom. The highest BCUT2D eigenvalue weighted by atomic mass is 19.3. The van der Waals surface area contributed by atoms with Gasteiger partial charge in [-0.25, -0.2) is 18.3 Å². The molecule has 1 heterocycles. The Hall–Kier alpha value is -2.51. The topological polar surface area (TPSA) is 88.2 Å². The number of hydrogen-bond acceptors (Lipinski definition) is 4. The van der Waals surface area contributed by atoms with Crippen LogP contribution >= 0.6 is 0 Å². The Balaban J connectivity index is 2.38. The van der Waals surface area contributed by atoms with Crippen LogP contribution in [0.2, 0.25) is 0 Å². The van der Waals surface area contributed by atoms with Crippen molar-refractivity contribution in [1.82, 2.24) is 15.0 Å². The third-order valence-electron chi connectivity index (χ3n) is 2.43. The van der Waals surface area contributed by atoms with E-state index in [0.717, 1.165) is 4.68 Å². The van der Waals surface area contributed by atoms with Crippen LogP contribution in [0.4, 0.5) is 8.78 Å². The van der Waals surface area contributed by atoms with Gasteiger partial charge in [0, 0.05) is 0 Å². The molecule has 0 aliphatic rings. The highest BCUT2D eigenvalue weighted by molar-refractivity contribution is 5.86. The molecule has 0 radical (unpaired) electrons. The maximum absolute atomic E-state index is 12.9. The van der Waals surface area contributed by atoms with Crippen molar-refractivity contribution in [1.29, 1.82) is 0 Å². The molecule has 19 heavy (non-hydrogen) atoms. The zero-order chi connectivity index (χ0) is 14.0. The van der Waals surface area contributed by atoms with E-state index in [9.17, 15) is 18.7 Å². The Bertz CT molecular complexity index is 613. The van der Waals surface area contributed by atoms with Crippen molar-refractivity contribution in [3.63, 3.8) is 0 Å². The number of carboxylic acids is 1. The summed E-state index contributed by atoms with van der Waals surface area (Å²) in [5.41, 5.74) is -1.02. The second-order valence-corrected chi connectivity index (χ2v) is 3.76. The van der Waals surface area contributed by atoms with Gasteiger partial charge in [-0.3, -0.25) is 0 Å². The van der Waals surface area contributed by atoms with Crippen molar-refractivity contribution < 1.29 is 23.8 Å². The number of benzene rings is 1. The van der Waals surface area contributed by atoms with Crippen LogP contribution in [0.25, 0.3) is 0 Å². The van der Waals surface area contributed by atoms with Gasteiger partial charge in [-0.1, -0.05) is 17.3 Å². The van der Waals surface area contributed by atoms with Crippen molar-refractivity contribution in [3.8, 4) is 5.75 Å². The normalized spacial score (nSPS) is 10.9. The number of hydrogen-bond donors (Lipinski definition) is 2. The van der Waals surface area contributed by atoms with Gasteiger partial charge in [-0.05, 0) is 17.7 Å². The summed E-state index contributed by atoms with van der Waals surface area (Å²) in [6.07, 6.45) is -3.00. The lowest BCUT2D eigenvalue weighted by Gasteiger charge is -2.06. The van der Waals surface area contributed by atoms with Crippen molar-refractivity contribution in [2.75, 3.05) is 0 Å². The van der Waals surface area contributed by atoms with Crippen molar-refractivity contribution in [2.45, 2.75) is 13.0 Å². The second-order valence-electron chi connectivity index (χ2n) is 3.76. The van der Waals surface area contributed by atoms with Gasteiger partial charge in [-0.2, -0.15) is 0 Å². The number of halogens is 2. The van der Waals surface area contributed by atoms with E-state index in [0.29, 0.717) is 5.56 Å². The summed E-state index contributed by atoms with van der Waals surface area (Å²) in [6, 6.07) is 5.94. The first-order chi connectivity index (χ1) is 8.99. The average Bonchev–Trinajstić information content (AvgIpc) is 2.73. The van der Waals surface area contributed by atoms with Crippen LogP contribution in [-0.2, 0) is 6.54 Å². The van der Waals surface area contributed by atoms with E-state index in [4.69, 9.17) is 5.11 Å². The SMILES string of the molecule is O=C(O)c1nnn(Cc2cccc(O)c2)c1C(F)F. The molecule has 0 atom stereocenters. The Kier molecular flexibility index (Phi) is 3.41. The first-order valence-corrected chi connectivity index (χ1v) is 5.21. The maximum atomic E-state index is 12.9. The lowest BCUT2D eigenvalue weighted by atomic mass is 10.2. The molecule has 2 aromatic rings. The zero-order valence-electron chi connectivity index (χ0n) is 9.49. The summed E-state index contributed by atoms with van der Waals surface area (Å²) in [5, 5.41) is 24.7. The molecule has 0 spiro atoms. The molecule has 0 aliphatic heterocycles. The van der Waals surface area contributed by atoms with Crippen LogP contribution in [0.5, 0.6) is 5.75 Å². The number of phenols is 1. The zero-order valence-corrected chi connectivity index (χ0v) is 9.49. The van der Waals surface area contributed by atoms with Crippen LogP contribution < -0.4 is 0 Å². The Labute approximate surface area is 105 Å². The maximum Gasteiger partial charge on any atom is 0.358 e. The molecule has 0 fully saturated rings. The van der Waals surface area contributed by atoms with E-state index in [1.165, 1.54) is 12.1 Å². The number of aromatic carboxylic acids is 1. The summed E-state index contributed by atoms with van der Waals surface area (Å²) in [7, 11) is 0. The largest absolute Gasteiger partial charge is 0.508 e. The molecule has 0 bridgehead atoms. The lowest BCUT2D eigenvalue weighted by molar-refractivity contribution is 0.0675. The van der Waals surface area contributed by atoms with Gasteiger partial charge >= 0.3 is 5.97 Å². The van der Waals surface area contributed by atoms with Crippen LogP contribution in [0.3, 0.4) is 0 Å². The smallest absolute Gasteiger partial charge is 0.358 e. The van der Waals surface area contributed by atoms with Crippen LogP contribution in [0, 0.1) is 0 Å². The molecule has 0 aliphatic carbocycles. The molecule has 2 N–H and O–H groups in total. The first kappa shape index (κ1) is 12.9. The number of alkyl halides is 2. The van der Waals surface area contributed by atoms with Gasteiger partial charge in [0.2, 0.25) is 0 Å².